The molecule has 2 aromatic rings. The maximum absolute atomic E-state index is 9.96. The van der Waals surface area contributed by atoms with Gasteiger partial charge in [-0.1, -0.05) is 54.1 Å². The highest BCUT2D eigenvalue weighted by Crippen LogP contribution is 2.21. The quantitative estimate of drug-likeness (QED) is 0.814. The van der Waals surface area contributed by atoms with Gasteiger partial charge in [0.05, 0.1) is 0 Å². The monoisotopic (exact) mass is 217 g/mol. The van der Waals surface area contributed by atoms with E-state index in [9.17, 15) is 5.11 Å². The molecule has 0 heterocycles. The van der Waals surface area contributed by atoms with Crippen molar-refractivity contribution in [2.24, 2.45) is 0 Å². The second kappa shape index (κ2) is 4.47. The molecule has 0 fully saturated rings. The first-order valence-corrected chi connectivity index (χ1v) is 5.02. The zero-order valence-corrected chi connectivity index (χ0v) is 8.78. The molecule has 0 aliphatic carbocycles. The molecule has 2 aromatic carbocycles. The van der Waals surface area contributed by atoms with E-state index in [0.29, 0.717) is 5.02 Å². The topological polar surface area (TPSA) is 20.2 Å². The molecule has 0 bridgehead atoms. The minimum atomic E-state index is 0.271. The standard InChI is InChI=1S/C13H10ClO/c14-12-8-6-11(7-9-12)13(15)10-4-2-1-3-5-10/h1-9,15H. The number of aliphatic hydroxyl groups excluding tert-OH is 1. The third kappa shape index (κ3) is 2.38. The van der Waals surface area contributed by atoms with Gasteiger partial charge in [-0.05, 0) is 23.3 Å². The van der Waals surface area contributed by atoms with Gasteiger partial charge in [0.25, 0.3) is 0 Å². The zero-order valence-electron chi connectivity index (χ0n) is 8.02. The largest absolute Gasteiger partial charge is 0.377 e. The molecule has 0 spiro atoms. The van der Waals surface area contributed by atoms with Crippen LogP contribution in [0.15, 0.2) is 54.6 Å². The fourth-order valence-electron chi connectivity index (χ4n) is 1.37. The molecular weight excluding hydrogens is 208 g/mol. The Morgan fingerprint density at radius 2 is 1.33 bits per heavy atom. The lowest BCUT2D eigenvalue weighted by molar-refractivity contribution is 0.356. The molecule has 0 unspecified atom stereocenters. The molecule has 0 aromatic heterocycles. The van der Waals surface area contributed by atoms with Gasteiger partial charge in [0.2, 0.25) is 0 Å². The van der Waals surface area contributed by atoms with Crippen LogP contribution in [0.3, 0.4) is 0 Å². The van der Waals surface area contributed by atoms with Gasteiger partial charge >= 0.3 is 0 Å². The normalized spacial score (nSPS) is 10.6. The lowest BCUT2D eigenvalue weighted by atomic mass is 10.0. The van der Waals surface area contributed by atoms with Crippen LogP contribution < -0.4 is 0 Å². The van der Waals surface area contributed by atoms with Crippen molar-refractivity contribution in [2.75, 3.05) is 0 Å². The summed E-state index contributed by atoms with van der Waals surface area (Å²) >= 11 is 5.77. The van der Waals surface area contributed by atoms with Gasteiger partial charge in [0.1, 0.15) is 0 Å². The lowest BCUT2D eigenvalue weighted by Crippen LogP contribution is -1.99. The molecule has 0 saturated heterocycles. The van der Waals surface area contributed by atoms with Crippen LogP contribution in [0, 0.1) is 6.10 Å². The minimum absolute atomic E-state index is 0.271. The number of benzene rings is 2. The lowest BCUT2D eigenvalue weighted by Gasteiger charge is -2.09. The molecule has 2 heteroatoms. The molecule has 0 aliphatic heterocycles. The predicted octanol–water partition coefficient (Wildman–Crippen LogP) is 3.64. The average molecular weight is 218 g/mol. The Labute approximate surface area is 94.0 Å². The van der Waals surface area contributed by atoms with Gasteiger partial charge in [0.15, 0.2) is 6.10 Å². The number of hydrogen-bond donors (Lipinski definition) is 1. The van der Waals surface area contributed by atoms with Gasteiger partial charge in [-0.25, -0.2) is 0 Å². The molecule has 0 aliphatic rings. The second-order valence-electron chi connectivity index (χ2n) is 3.22. The van der Waals surface area contributed by atoms with Gasteiger partial charge < -0.3 is 5.11 Å². The smallest absolute Gasteiger partial charge is 0.152 e. The summed E-state index contributed by atoms with van der Waals surface area (Å²) in [6.45, 7) is 0. The maximum Gasteiger partial charge on any atom is 0.152 e. The van der Waals surface area contributed by atoms with Gasteiger partial charge in [-0.3, -0.25) is 0 Å². The van der Waals surface area contributed by atoms with Crippen molar-refractivity contribution in [2.45, 2.75) is 0 Å². The molecule has 0 amide bonds. The molecule has 15 heavy (non-hydrogen) atoms. The molecule has 0 atom stereocenters. The summed E-state index contributed by atoms with van der Waals surface area (Å²) in [5.41, 5.74) is 1.57. The van der Waals surface area contributed by atoms with Crippen LogP contribution in [0.4, 0.5) is 0 Å². The molecule has 1 N–H and O–H groups in total. The molecule has 2 rings (SSSR count). The van der Waals surface area contributed by atoms with E-state index in [4.69, 9.17) is 11.6 Å². The molecule has 1 nitrogen and oxygen atoms in total. The highest BCUT2D eigenvalue weighted by molar-refractivity contribution is 6.30. The van der Waals surface area contributed by atoms with Crippen molar-refractivity contribution < 1.29 is 5.11 Å². The van der Waals surface area contributed by atoms with Gasteiger partial charge in [-0.15, -0.1) is 0 Å². The summed E-state index contributed by atoms with van der Waals surface area (Å²) in [6.07, 6.45) is 0.271. The Hall–Kier alpha value is -1.31. The van der Waals surface area contributed by atoms with Crippen molar-refractivity contribution in [3.63, 3.8) is 0 Å². The van der Waals surface area contributed by atoms with Crippen molar-refractivity contribution in [1.29, 1.82) is 0 Å². The van der Waals surface area contributed by atoms with E-state index in [1.54, 1.807) is 24.3 Å². The minimum Gasteiger partial charge on any atom is -0.377 e. The summed E-state index contributed by atoms with van der Waals surface area (Å²) in [6, 6.07) is 16.5. The fourth-order valence-corrected chi connectivity index (χ4v) is 1.50. The summed E-state index contributed by atoms with van der Waals surface area (Å²) in [5, 5.41) is 10.6. The number of aliphatic hydroxyl groups is 1. The van der Waals surface area contributed by atoms with E-state index in [-0.39, 0.29) is 6.10 Å². The van der Waals surface area contributed by atoms with E-state index < -0.39 is 0 Å². The van der Waals surface area contributed by atoms with Crippen molar-refractivity contribution in [3.05, 3.63) is 76.9 Å². The van der Waals surface area contributed by atoms with E-state index in [2.05, 4.69) is 0 Å². The summed E-state index contributed by atoms with van der Waals surface area (Å²) < 4.78 is 0. The number of rotatable bonds is 2. The highest BCUT2D eigenvalue weighted by atomic mass is 35.5. The SMILES string of the molecule is O[C](c1ccccc1)c1ccc(Cl)cc1. The van der Waals surface area contributed by atoms with E-state index in [0.717, 1.165) is 11.1 Å². The van der Waals surface area contributed by atoms with E-state index in [1.165, 1.54) is 0 Å². The Bertz CT molecular complexity index is 422. The van der Waals surface area contributed by atoms with Crippen LogP contribution in [0.25, 0.3) is 0 Å². The van der Waals surface area contributed by atoms with E-state index in [1.807, 2.05) is 30.3 Å². The summed E-state index contributed by atoms with van der Waals surface area (Å²) in [4.78, 5) is 0. The zero-order chi connectivity index (χ0) is 10.7. The third-order valence-corrected chi connectivity index (χ3v) is 2.42. The highest BCUT2D eigenvalue weighted by Gasteiger charge is 2.10. The first-order valence-electron chi connectivity index (χ1n) is 4.64. The van der Waals surface area contributed by atoms with E-state index >= 15 is 0 Å². The fraction of sp³-hybridized carbons (Fsp3) is 0. The first-order chi connectivity index (χ1) is 7.27. The summed E-state index contributed by atoms with van der Waals surface area (Å²) in [7, 11) is 0. The Morgan fingerprint density at radius 1 is 0.800 bits per heavy atom. The number of hydrogen-bond acceptors (Lipinski definition) is 1. The maximum atomic E-state index is 9.96. The average Bonchev–Trinajstić information content (AvgIpc) is 2.30. The Kier molecular flexibility index (Phi) is 3.05. The van der Waals surface area contributed by atoms with Gasteiger partial charge in [0, 0.05) is 5.02 Å². The van der Waals surface area contributed by atoms with Crippen LogP contribution in [-0.2, 0) is 0 Å². The molecule has 1 radical (unpaired) electrons. The van der Waals surface area contributed by atoms with Gasteiger partial charge in [-0.2, -0.15) is 0 Å². The van der Waals surface area contributed by atoms with Crippen LogP contribution in [0.1, 0.15) is 11.1 Å². The van der Waals surface area contributed by atoms with Crippen LogP contribution >= 0.6 is 11.6 Å². The molecular formula is C13H10ClO. The Morgan fingerprint density at radius 3 is 1.93 bits per heavy atom. The second-order valence-corrected chi connectivity index (χ2v) is 3.66. The first kappa shape index (κ1) is 10.2. The summed E-state index contributed by atoms with van der Waals surface area (Å²) in [5.74, 6) is 0. The van der Waals surface area contributed by atoms with Crippen molar-refractivity contribution >= 4 is 11.6 Å². The van der Waals surface area contributed by atoms with Crippen LogP contribution in [0.5, 0.6) is 0 Å². The predicted molar refractivity (Wildman–Crippen MR) is 61.3 cm³/mol. The van der Waals surface area contributed by atoms with Crippen molar-refractivity contribution in [1.82, 2.24) is 0 Å². The van der Waals surface area contributed by atoms with Crippen molar-refractivity contribution in [3.8, 4) is 0 Å². The molecule has 75 valence electrons. The number of halogens is 1. The van der Waals surface area contributed by atoms with Crippen LogP contribution in [0.2, 0.25) is 5.02 Å². The molecule has 0 saturated carbocycles. The Balaban J connectivity index is 2.29. The van der Waals surface area contributed by atoms with Crippen LogP contribution in [-0.4, -0.2) is 5.11 Å². The third-order valence-electron chi connectivity index (χ3n) is 2.16.